The molecule has 0 aromatic carbocycles. The fraction of sp³-hybridized carbons (Fsp3) is 1.00. The van der Waals surface area contributed by atoms with E-state index in [1.807, 2.05) is 0 Å². The molecule has 1 unspecified atom stereocenters. The molecule has 0 aromatic heterocycles. The predicted molar refractivity (Wildman–Crippen MR) is 64.2 cm³/mol. The summed E-state index contributed by atoms with van der Waals surface area (Å²) >= 11 is 0. The number of rotatable bonds is 4. The van der Waals surface area contributed by atoms with Crippen molar-refractivity contribution in [1.82, 2.24) is 15.5 Å². The van der Waals surface area contributed by atoms with E-state index in [9.17, 15) is 0 Å². The summed E-state index contributed by atoms with van der Waals surface area (Å²) in [5.74, 6) is 0. The Bertz CT molecular complexity index is 178. The standard InChI is InChI=1S/C12H25N3/c1-2-15-9-3-4-12(15)10-14-11-5-7-13-8-6-11/h11-14H,2-10H2,1H3. The Morgan fingerprint density at radius 2 is 2.07 bits per heavy atom. The fourth-order valence-corrected chi connectivity index (χ4v) is 2.87. The Hall–Kier alpha value is -0.120. The van der Waals surface area contributed by atoms with Gasteiger partial charge in [0.15, 0.2) is 0 Å². The number of piperidine rings is 1. The van der Waals surface area contributed by atoms with E-state index >= 15 is 0 Å². The van der Waals surface area contributed by atoms with Gasteiger partial charge in [0.25, 0.3) is 0 Å². The summed E-state index contributed by atoms with van der Waals surface area (Å²) in [6.07, 6.45) is 5.40. The van der Waals surface area contributed by atoms with Gasteiger partial charge in [-0.3, -0.25) is 4.90 Å². The van der Waals surface area contributed by atoms with Gasteiger partial charge in [-0.15, -0.1) is 0 Å². The molecular weight excluding hydrogens is 186 g/mol. The van der Waals surface area contributed by atoms with Crippen LogP contribution in [0.4, 0.5) is 0 Å². The monoisotopic (exact) mass is 211 g/mol. The highest BCUT2D eigenvalue weighted by Gasteiger charge is 2.23. The van der Waals surface area contributed by atoms with Crippen molar-refractivity contribution in [1.29, 1.82) is 0 Å². The van der Waals surface area contributed by atoms with E-state index in [0.29, 0.717) is 0 Å². The van der Waals surface area contributed by atoms with Gasteiger partial charge in [0.2, 0.25) is 0 Å². The van der Waals surface area contributed by atoms with Crippen LogP contribution in [0.25, 0.3) is 0 Å². The molecule has 0 spiro atoms. The van der Waals surface area contributed by atoms with Crippen LogP contribution in [-0.2, 0) is 0 Å². The molecule has 3 heteroatoms. The smallest absolute Gasteiger partial charge is 0.0221 e. The van der Waals surface area contributed by atoms with Crippen LogP contribution >= 0.6 is 0 Å². The van der Waals surface area contributed by atoms with Crippen LogP contribution < -0.4 is 10.6 Å². The van der Waals surface area contributed by atoms with Crippen LogP contribution in [0.5, 0.6) is 0 Å². The van der Waals surface area contributed by atoms with Crippen molar-refractivity contribution in [3.8, 4) is 0 Å². The average molecular weight is 211 g/mol. The lowest BCUT2D eigenvalue weighted by Gasteiger charge is -2.28. The zero-order valence-corrected chi connectivity index (χ0v) is 9.97. The summed E-state index contributed by atoms with van der Waals surface area (Å²) in [6.45, 7) is 8.41. The van der Waals surface area contributed by atoms with E-state index in [2.05, 4.69) is 22.5 Å². The summed E-state index contributed by atoms with van der Waals surface area (Å²) in [7, 11) is 0. The molecule has 2 saturated heterocycles. The quantitative estimate of drug-likeness (QED) is 0.721. The van der Waals surface area contributed by atoms with E-state index in [-0.39, 0.29) is 0 Å². The molecule has 2 aliphatic rings. The van der Waals surface area contributed by atoms with Crippen molar-refractivity contribution >= 4 is 0 Å². The number of nitrogens with one attached hydrogen (secondary N) is 2. The van der Waals surface area contributed by atoms with Gasteiger partial charge in [-0.2, -0.15) is 0 Å². The highest BCUT2D eigenvalue weighted by atomic mass is 15.2. The first-order chi connectivity index (χ1) is 7.40. The highest BCUT2D eigenvalue weighted by molar-refractivity contribution is 4.83. The SMILES string of the molecule is CCN1CCCC1CNC1CCNCC1. The lowest BCUT2D eigenvalue weighted by Crippen LogP contribution is -2.45. The van der Waals surface area contributed by atoms with Crippen LogP contribution in [0, 0.1) is 0 Å². The van der Waals surface area contributed by atoms with Crippen LogP contribution in [0.1, 0.15) is 32.6 Å². The van der Waals surface area contributed by atoms with Crippen molar-refractivity contribution in [2.24, 2.45) is 0 Å². The Balaban J connectivity index is 1.67. The van der Waals surface area contributed by atoms with Gasteiger partial charge < -0.3 is 10.6 Å². The Kier molecular flexibility index (Phi) is 4.42. The van der Waals surface area contributed by atoms with E-state index in [1.54, 1.807) is 0 Å². The molecule has 2 heterocycles. The molecule has 3 nitrogen and oxygen atoms in total. The van der Waals surface area contributed by atoms with Gasteiger partial charge in [-0.25, -0.2) is 0 Å². The topological polar surface area (TPSA) is 27.3 Å². The van der Waals surface area contributed by atoms with E-state index < -0.39 is 0 Å². The Morgan fingerprint density at radius 1 is 1.27 bits per heavy atom. The molecule has 0 aromatic rings. The number of nitrogens with zero attached hydrogens (tertiary/aromatic N) is 1. The maximum absolute atomic E-state index is 3.75. The molecule has 2 N–H and O–H groups in total. The highest BCUT2D eigenvalue weighted by Crippen LogP contribution is 2.16. The summed E-state index contributed by atoms with van der Waals surface area (Å²) < 4.78 is 0. The number of hydrogen-bond donors (Lipinski definition) is 2. The molecule has 0 bridgehead atoms. The van der Waals surface area contributed by atoms with Gasteiger partial charge in [-0.05, 0) is 51.9 Å². The average Bonchev–Trinajstić information content (AvgIpc) is 2.75. The van der Waals surface area contributed by atoms with Gasteiger partial charge in [0.05, 0.1) is 0 Å². The normalized spacial score (nSPS) is 29.8. The summed E-state index contributed by atoms with van der Waals surface area (Å²) in [4.78, 5) is 2.62. The van der Waals surface area contributed by atoms with E-state index in [1.165, 1.54) is 58.4 Å². The van der Waals surface area contributed by atoms with Gasteiger partial charge in [0.1, 0.15) is 0 Å². The Morgan fingerprint density at radius 3 is 2.80 bits per heavy atom. The third-order valence-electron chi connectivity index (χ3n) is 3.89. The molecule has 15 heavy (non-hydrogen) atoms. The molecular formula is C12H25N3. The first-order valence-corrected chi connectivity index (χ1v) is 6.58. The van der Waals surface area contributed by atoms with Gasteiger partial charge in [0, 0.05) is 18.6 Å². The minimum atomic E-state index is 0.769. The summed E-state index contributed by atoms with van der Waals surface area (Å²) in [5.41, 5.74) is 0. The van der Waals surface area contributed by atoms with Crippen LogP contribution in [-0.4, -0.2) is 49.7 Å². The molecule has 2 rings (SSSR count). The fourth-order valence-electron chi connectivity index (χ4n) is 2.87. The van der Waals surface area contributed by atoms with Crippen LogP contribution in [0.15, 0.2) is 0 Å². The van der Waals surface area contributed by atoms with Crippen LogP contribution in [0.2, 0.25) is 0 Å². The minimum Gasteiger partial charge on any atom is -0.317 e. The van der Waals surface area contributed by atoms with Crippen molar-refractivity contribution < 1.29 is 0 Å². The first-order valence-electron chi connectivity index (χ1n) is 6.58. The van der Waals surface area contributed by atoms with Crippen molar-refractivity contribution in [3.05, 3.63) is 0 Å². The lowest BCUT2D eigenvalue weighted by atomic mass is 10.1. The second-order valence-corrected chi connectivity index (χ2v) is 4.86. The molecule has 2 fully saturated rings. The third kappa shape index (κ3) is 3.16. The zero-order chi connectivity index (χ0) is 10.5. The minimum absolute atomic E-state index is 0.769. The molecule has 0 amide bonds. The van der Waals surface area contributed by atoms with Crippen molar-refractivity contribution in [2.75, 3.05) is 32.7 Å². The lowest BCUT2D eigenvalue weighted by molar-refractivity contribution is 0.246. The van der Waals surface area contributed by atoms with Crippen LogP contribution in [0.3, 0.4) is 0 Å². The van der Waals surface area contributed by atoms with Gasteiger partial charge >= 0.3 is 0 Å². The van der Waals surface area contributed by atoms with Crippen molar-refractivity contribution in [3.63, 3.8) is 0 Å². The number of hydrogen-bond acceptors (Lipinski definition) is 3. The maximum Gasteiger partial charge on any atom is 0.0221 e. The molecule has 1 atom stereocenters. The van der Waals surface area contributed by atoms with E-state index in [0.717, 1.165) is 12.1 Å². The zero-order valence-electron chi connectivity index (χ0n) is 9.97. The second kappa shape index (κ2) is 5.83. The third-order valence-corrected chi connectivity index (χ3v) is 3.89. The number of likely N-dealkylation sites (tertiary alicyclic amines) is 1. The first kappa shape index (κ1) is 11.4. The largest absolute Gasteiger partial charge is 0.317 e. The molecule has 0 aliphatic carbocycles. The molecule has 88 valence electrons. The second-order valence-electron chi connectivity index (χ2n) is 4.86. The molecule has 2 aliphatic heterocycles. The number of likely N-dealkylation sites (N-methyl/N-ethyl adjacent to an activating group) is 1. The predicted octanol–water partition coefficient (Wildman–Crippen LogP) is 0.812. The molecule has 0 saturated carbocycles. The Labute approximate surface area is 93.6 Å². The summed E-state index contributed by atoms with van der Waals surface area (Å²) in [6, 6.07) is 1.58. The maximum atomic E-state index is 3.75. The van der Waals surface area contributed by atoms with Crippen molar-refractivity contribution in [2.45, 2.75) is 44.7 Å². The van der Waals surface area contributed by atoms with E-state index in [4.69, 9.17) is 0 Å². The van der Waals surface area contributed by atoms with Gasteiger partial charge in [-0.1, -0.05) is 6.92 Å². The molecule has 0 radical (unpaired) electrons. The summed E-state index contributed by atoms with van der Waals surface area (Å²) in [5, 5.41) is 7.16.